The van der Waals surface area contributed by atoms with E-state index in [1.165, 1.54) is 11.8 Å². The third-order valence-electron chi connectivity index (χ3n) is 4.20. The van der Waals surface area contributed by atoms with Gasteiger partial charge in [0.15, 0.2) is 12.3 Å². The highest BCUT2D eigenvalue weighted by molar-refractivity contribution is 6.03. The maximum atomic E-state index is 12.6. The van der Waals surface area contributed by atoms with Gasteiger partial charge in [0.25, 0.3) is 11.5 Å². The molecule has 2 aromatic carbocycles. The van der Waals surface area contributed by atoms with Crippen LogP contribution in [0.1, 0.15) is 30.4 Å². The van der Waals surface area contributed by atoms with Gasteiger partial charge in [-0.15, -0.1) is 0 Å². The first-order valence-corrected chi connectivity index (χ1v) is 9.03. The molecule has 150 valence electrons. The summed E-state index contributed by atoms with van der Waals surface area (Å²) >= 11 is 0. The van der Waals surface area contributed by atoms with E-state index in [1.807, 2.05) is 0 Å². The average molecular weight is 395 g/mol. The topological polar surface area (TPSA) is 99.5 Å². The molecule has 0 saturated heterocycles. The predicted octanol–water partition coefficient (Wildman–Crippen LogP) is 2.78. The molecule has 0 spiro atoms. The Morgan fingerprint density at radius 1 is 1.10 bits per heavy atom. The van der Waals surface area contributed by atoms with E-state index in [9.17, 15) is 14.4 Å². The number of hydrogen-bond acceptors (Lipinski definition) is 6. The van der Waals surface area contributed by atoms with E-state index >= 15 is 0 Å². The smallest absolute Gasteiger partial charge is 0.359 e. The van der Waals surface area contributed by atoms with E-state index in [0.717, 1.165) is 0 Å². The van der Waals surface area contributed by atoms with Gasteiger partial charge in [0.2, 0.25) is 0 Å². The first-order valence-electron chi connectivity index (χ1n) is 9.03. The van der Waals surface area contributed by atoms with E-state index < -0.39 is 18.5 Å². The molecule has 8 nitrogen and oxygen atoms in total. The summed E-state index contributed by atoms with van der Waals surface area (Å²) in [6.45, 7) is 3.09. The van der Waals surface area contributed by atoms with Gasteiger partial charge in [0, 0.05) is 17.1 Å². The van der Waals surface area contributed by atoms with Crippen molar-refractivity contribution in [3.63, 3.8) is 0 Å². The third kappa shape index (κ3) is 4.43. The van der Waals surface area contributed by atoms with E-state index in [-0.39, 0.29) is 17.3 Å². The summed E-state index contributed by atoms with van der Waals surface area (Å²) in [7, 11) is 1.52. The Hall–Kier alpha value is -3.68. The Kier molecular flexibility index (Phi) is 5.92. The van der Waals surface area contributed by atoms with Crippen LogP contribution < -0.4 is 15.6 Å². The van der Waals surface area contributed by atoms with Gasteiger partial charge in [-0.05, 0) is 32.0 Å². The second-order valence-corrected chi connectivity index (χ2v) is 6.59. The molecule has 0 fully saturated rings. The zero-order chi connectivity index (χ0) is 21.0. The molecule has 0 saturated carbocycles. The molecule has 3 rings (SSSR count). The average Bonchev–Trinajstić information content (AvgIpc) is 2.72. The molecule has 1 heterocycles. The van der Waals surface area contributed by atoms with E-state index in [0.29, 0.717) is 22.2 Å². The number of carbonyl (C=O) groups is 2. The minimum Gasteiger partial charge on any atom is -0.497 e. The van der Waals surface area contributed by atoms with Crippen molar-refractivity contribution in [2.45, 2.75) is 19.9 Å². The van der Waals surface area contributed by atoms with Crippen molar-refractivity contribution in [1.29, 1.82) is 0 Å². The van der Waals surface area contributed by atoms with Gasteiger partial charge < -0.3 is 14.8 Å². The lowest BCUT2D eigenvalue weighted by molar-refractivity contribution is -0.119. The molecule has 1 amide bonds. The normalized spacial score (nSPS) is 10.8. The molecule has 3 aromatic rings. The maximum absolute atomic E-state index is 12.6. The lowest BCUT2D eigenvalue weighted by Gasteiger charge is -2.13. The molecule has 8 heteroatoms. The van der Waals surface area contributed by atoms with Crippen molar-refractivity contribution in [3.8, 4) is 5.75 Å². The molecule has 29 heavy (non-hydrogen) atoms. The number of amides is 1. The van der Waals surface area contributed by atoms with Gasteiger partial charge in [0.05, 0.1) is 18.5 Å². The molecule has 0 radical (unpaired) electrons. The zero-order valence-corrected chi connectivity index (χ0v) is 16.3. The monoisotopic (exact) mass is 395 g/mol. The van der Waals surface area contributed by atoms with Gasteiger partial charge in [0.1, 0.15) is 5.75 Å². The number of hydrogen-bond donors (Lipinski definition) is 1. The predicted molar refractivity (Wildman–Crippen MR) is 108 cm³/mol. The summed E-state index contributed by atoms with van der Waals surface area (Å²) in [6, 6.07) is 13.2. The molecule has 0 bridgehead atoms. The number of esters is 1. The van der Waals surface area contributed by atoms with Crippen LogP contribution in [0.2, 0.25) is 0 Å². The van der Waals surface area contributed by atoms with Crippen molar-refractivity contribution >= 4 is 28.3 Å². The Balaban J connectivity index is 1.78. The van der Waals surface area contributed by atoms with Crippen molar-refractivity contribution in [3.05, 3.63) is 64.6 Å². The van der Waals surface area contributed by atoms with Gasteiger partial charge in [-0.3, -0.25) is 9.59 Å². The summed E-state index contributed by atoms with van der Waals surface area (Å²) < 4.78 is 11.5. The minimum absolute atomic E-state index is 0.0110. The second-order valence-electron chi connectivity index (χ2n) is 6.59. The highest BCUT2D eigenvalue weighted by atomic mass is 16.5. The Morgan fingerprint density at radius 2 is 1.83 bits per heavy atom. The largest absolute Gasteiger partial charge is 0.497 e. The summed E-state index contributed by atoms with van der Waals surface area (Å²) in [5.41, 5.74) is 0.216. The first kappa shape index (κ1) is 20.1. The lowest BCUT2D eigenvalue weighted by atomic mass is 10.1. The maximum Gasteiger partial charge on any atom is 0.359 e. The molecular weight excluding hydrogens is 374 g/mol. The fourth-order valence-electron chi connectivity index (χ4n) is 2.80. The van der Waals surface area contributed by atoms with Gasteiger partial charge >= 0.3 is 5.97 Å². The van der Waals surface area contributed by atoms with Crippen molar-refractivity contribution in [2.24, 2.45) is 0 Å². The molecule has 0 aliphatic carbocycles. The Labute approximate surface area is 167 Å². The van der Waals surface area contributed by atoms with Crippen LogP contribution >= 0.6 is 0 Å². The van der Waals surface area contributed by atoms with Crippen LogP contribution in [0.5, 0.6) is 5.75 Å². The molecule has 0 aliphatic heterocycles. The first-order chi connectivity index (χ1) is 13.9. The van der Waals surface area contributed by atoms with Crippen LogP contribution in [0, 0.1) is 0 Å². The third-order valence-corrected chi connectivity index (χ3v) is 4.20. The zero-order valence-electron chi connectivity index (χ0n) is 16.3. The van der Waals surface area contributed by atoms with E-state index in [4.69, 9.17) is 9.47 Å². The molecule has 0 atom stereocenters. The van der Waals surface area contributed by atoms with Gasteiger partial charge in [-0.25, -0.2) is 9.48 Å². The second kappa shape index (κ2) is 8.55. The molecule has 0 aliphatic rings. The SMILES string of the molecule is COc1cccc(NC(=O)COC(=O)c2nn(C(C)C)c(=O)c3ccccc23)c1. The van der Waals surface area contributed by atoms with E-state index in [2.05, 4.69) is 10.4 Å². The quantitative estimate of drug-likeness (QED) is 0.645. The number of nitrogens with one attached hydrogen (secondary N) is 1. The molecule has 0 unspecified atom stereocenters. The van der Waals surface area contributed by atoms with Crippen molar-refractivity contribution in [1.82, 2.24) is 9.78 Å². The highest BCUT2D eigenvalue weighted by Crippen LogP contribution is 2.17. The van der Waals surface area contributed by atoms with Crippen molar-refractivity contribution in [2.75, 3.05) is 19.0 Å². The lowest BCUT2D eigenvalue weighted by Crippen LogP contribution is -2.28. The van der Waals surface area contributed by atoms with Gasteiger partial charge in [-0.2, -0.15) is 5.10 Å². The van der Waals surface area contributed by atoms with Crippen molar-refractivity contribution < 1.29 is 19.1 Å². The van der Waals surface area contributed by atoms with Crippen LogP contribution in [0.4, 0.5) is 5.69 Å². The van der Waals surface area contributed by atoms with Crippen LogP contribution in [-0.2, 0) is 9.53 Å². The highest BCUT2D eigenvalue weighted by Gasteiger charge is 2.20. The number of anilines is 1. The standard InChI is InChI=1S/C21H21N3O5/c1-13(2)24-20(26)17-10-5-4-9-16(17)19(23-24)21(27)29-12-18(25)22-14-7-6-8-15(11-14)28-3/h4-11,13H,12H2,1-3H3,(H,22,25). The molecular formula is C21H21N3O5. The van der Waals surface area contributed by atoms with Gasteiger partial charge in [-0.1, -0.05) is 24.3 Å². The number of carbonyl (C=O) groups excluding carboxylic acids is 2. The fourth-order valence-corrected chi connectivity index (χ4v) is 2.80. The number of rotatable bonds is 6. The van der Waals surface area contributed by atoms with Crippen LogP contribution in [0.25, 0.3) is 10.8 Å². The summed E-state index contributed by atoms with van der Waals surface area (Å²) in [5.74, 6) is -0.698. The fraction of sp³-hybridized carbons (Fsp3) is 0.238. The number of fused-ring (bicyclic) bond motifs is 1. The van der Waals surface area contributed by atoms with Crippen LogP contribution in [0.3, 0.4) is 0 Å². The number of aromatic nitrogens is 2. The number of benzene rings is 2. The Bertz CT molecular complexity index is 1120. The minimum atomic E-state index is -0.781. The molecule has 1 N–H and O–H groups in total. The number of ether oxygens (including phenoxy) is 2. The summed E-state index contributed by atoms with van der Waals surface area (Å²) in [6.07, 6.45) is 0. The van der Waals surface area contributed by atoms with Crippen LogP contribution in [-0.4, -0.2) is 35.4 Å². The number of methoxy groups -OCH3 is 1. The number of nitrogens with zero attached hydrogens (tertiary/aromatic N) is 2. The Morgan fingerprint density at radius 3 is 2.52 bits per heavy atom. The summed E-state index contributed by atoms with van der Waals surface area (Å²) in [5, 5.41) is 7.54. The summed E-state index contributed by atoms with van der Waals surface area (Å²) in [4.78, 5) is 37.3. The van der Waals surface area contributed by atoms with Crippen LogP contribution in [0.15, 0.2) is 53.3 Å². The van der Waals surface area contributed by atoms with E-state index in [1.54, 1.807) is 62.4 Å². The molecule has 1 aromatic heterocycles.